The molecule has 1 N–H and O–H groups in total. The Hall–Kier alpha value is -2.43. The molecular formula is C13H13N3O2. The molecule has 1 heterocycles. The van der Waals surface area contributed by atoms with E-state index in [-0.39, 0.29) is 5.69 Å². The van der Waals surface area contributed by atoms with E-state index in [4.69, 9.17) is 0 Å². The van der Waals surface area contributed by atoms with Gasteiger partial charge in [-0.2, -0.15) is 0 Å². The number of rotatable bonds is 3. The van der Waals surface area contributed by atoms with Gasteiger partial charge in [0.25, 0.3) is 5.69 Å². The third kappa shape index (κ3) is 2.82. The second kappa shape index (κ2) is 4.83. The molecule has 2 aromatic rings. The van der Waals surface area contributed by atoms with Gasteiger partial charge in [-0.25, -0.2) is 0 Å². The minimum atomic E-state index is -0.412. The lowest BCUT2D eigenvalue weighted by molar-refractivity contribution is -0.384. The van der Waals surface area contributed by atoms with Gasteiger partial charge in [-0.15, -0.1) is 0 Å². The normalized spacial score (nSPS) is 10.1. The van der Waals surface area contributed by atoms with Crippen LogP contribution in [-0.2, 0) is 0 Å². The number of benzene rings is 1. The first kappa shape index (κ1) is 12.0. The molecule has 1 aromatic carbocycles. The van der Waals surface area contributed by atoms with Gasteiger partial charge in [0.2, 0.25) is 0 Å². The number of pyridine rings is 1. The molecular weight excluding hydrogens is 230 g/mol. The fourth-order valence-electron chi connectivity index (χ4n) is 1.74. The van der Waals surface area contributed by atoms with Gasteiger partial charge in [-0.05, 0) is 38.1 Å². The third-order valence-electron chi connectivity index (χ3n) is 2.45. The minimum Gasteiger partial charge on any atom is -0.355 e. The number of aromatic nitrogens is 1. The van der Waals surface area contributed by atoms with Crippen LogP contribution in [0.4, 0.5) is 17.1 Å². The average Bonchev–Trinajstić information content (AvgIpc) is 2.28. The van der Waals surface area contributed by atoms with Crippen molar-refractivity contribution in [2.75, 3.05) is 5.32 Å². The average molecular weight is 243 g/mol. The highest BCUT2D eigenvalue weighted by molar-refractivity contribution is 5.61. The molecule has 0 aliphatic rings. The Morgan fingerprint density at radius 3 is 2.11 bits per heavy atom. The van der Waals surface area contributed by atoms with Gasteiger partial charge in [0.05, 0.1) is 4.92 Å². The van der Waals surface area contributed by atoms with Crippen LogP contribution in [0.3, 0.4) is 0 Å². The molecule has 2 rings (SSSR count). The standard InChI is InChI=1S/C13H13N3O2/c1-9-7-12(8-10(2)14-9)15-11-3-5-13(6-4-11)16(17)18/h3-8H,1-2H3,(H,14,15). The molecule has 5 nitrogen and oxygen atoms in total. The highest BCUT2D eigenvalue weighted by Gasteiger charge is 2.04. The van der Waals surface area contributed by atoms with Crippen molar-refractivity contribution in [1.82, 2.24) is 4.98 Å². The van der Waals surface area contributed by atoms with Crippen LogP contribution in [0.2, 0.25) is 0 Å². The molecule has 0 bridgehead atoms. The molecule has 92 valence electrons. The molecule has 0 amide bonds. The molecule has 0 saturated heterocycles. The zero-order valence-corrected chi connectivity index (χ0v) is 10.2. The minimum absolute atomic E-state index is 0.0858. The molecule has 0 aliphatic carbocycles. The first-order chi connectivity index (χ1) is 8.54. The summed E-state index contributed by atoms with van der Waals surface area (Å²) in [6.45, 7) is 3.85. The summed E-state index contributed by atoms with van der Waals surface area (Å²) in [5, 5.41) is 13.7. The van der Waals surface area contributed by atoms with Gasteiger partial charge in [0.1, 0.15) is 0 Å². The van der Waals surface area contributed by atoms with Gasteiger partial charge in [-0.3, -0.25) is 15.1 Å². The molecule has 0 saturated carbocycles. The van der Waals surface area contributed by atoms with E-state index in [1.165, 1.54) is 12.1 Å². The number of anilines is 2. The number of hydrogen-bond donors (Lipinski definition) is 1. The third-order valence-corrected chi connectivity index (χ3v) is 2.45. The SMILES string of the molecule is Cc1cc(Nc2ccc([N+](=O)[O-])cc2)cc(C)n1. The smallest absolute Gasteiger partial charge is 0.269 e. The van der Waals surface area contributed by atoms with Crippen LogP contribution >= 0.6 is 0 Å². The van der Waals surface area contributed by atoms with Crippen molar-refractivity contribution in [1.29, 1.82) is 0 Å². The summed E-state index contributed by atoms with van der Waals surface area (Å²) in [5.41, 5.74) is 3.68. The Kier molecular flexibility index (Phi) is 3.23. The van der Waals surface area contributed by atoms with Crippen molar-refractivity contribution in [3.8, 4) is 0 Å². The van der Waals surface area contributed by atoms with Crippen LogP contribution in [0, 0.1) is 24.0 Å². The van der Waals surface area contributed by atoms with E-state index >= 15 is 0 Å². The maximum absolute atomic E-state index is 10.5. The van der Waals surface area contributed by atoms with Crippen LogP contribution in [0.15, 0.2) is 36.4 Å². The van der Waals surface area contributed by atoms with Crippen molar-refractivity contribution in [2.24, 2.45) is 0 Å². The quantitative estimate of drug-likeness (QED) is 0.663. The Morgan fingerprint density at radius 2 is 1.61 bits per heavy atom. The van der Waals surface area contributed by atoms with Crippen molar-refractivity contribution < 1.29 is 4.92 Å². The maximum atomic E-state index is 10.5. The molecule has 5 heteroatoms. The Morgan fingerprint density at radius 1 is 1.06 bits per heavy atom. The lowest BCUT2D eigenvalue weighted by atomic mass is 10.2. The zero-order valence-electron chi connectivity index (χ0n) is 10.2. The van der Waals surface area contributed by atoms with Crippen LogP contribution in [0.1, 0.15) is 11.4 Å². The summed E-state index contributed by atoms with van der Waals surface area (Å²) < 4.78 is 0. The molecule has 1 aromatic heterocycles. The van der Waals surface area contributed by atoms with Gasteiger partial charge in [-0.1, -0.05) is 0 Å². The summed E-state index contributed by atoms with van der Waals surface area (Å²) in [4.78, 5) is 14.4. The summed E-state index contributed by atoms with van der Waals surface area (Å²) in [7, 11) is 0. The Bertz CT molecular complexity index is 559. The van der Waals surface area contributed by atoms with E-state index in [0.717, 1.165) is 22.8 Å². The van der Waals surface area contributed by atoms with E-state index in [9.17, 15) is 10.1 Å². The molecule has 0 aliphatic heterocycles. The van der Waals surface area contributed by atoms with Crippen LogP contribution in [0.25, 0.3) is 0 Å². The number of nitro benzene ring substituents is 1. The molecule has 18 heavy (non-hydrogen) atoms. The van der Waals surface area contributed by atoms with E-state index in [1.807, 2.05) is 26.0 Å². The first-order valence-corrected chi connectivity index (χ1v) is 5.51. The number of nitro groups is 1. The molecule has 0 atom stereocenters. The molecule has 0 radical (unpaired) electrons. The van der Waals surface area contributed by atoms with Gasteiger partial charge >= 0.3 is 0 Å². The van der Waals surface area contributed by atoms with Gasteiger partial charge in [0.15, 0.2) is 0 Å². The molecule has 0 fully saturated rings. The van der Waals surface area contributed by atoms with Crippen molar-refractivity contribution >= 4 is 17.1 Å². The number of nitrogens with one attached hydrogen (secondary N) is 1. The van der Waals surface area contributed by atoms with Gasteiger partial charge < -0.3 is 5.32 Å². The van der Waals surface area contributed by atoms with E-state index < -0.39 is 4.92 Å². The number of nitrogens with zero attached hydrogens (tertiary/aromatic N) is 2. The van der Waals surface area contributed by atoms with E-state index in [1.54, 1.807) is 12.1 Å². The fraction of sp³-hybridized carbons (Fsp3) is 0.154. The summed E-state index contributed by atoms with van der Waals surface area (Å²) in [6.07, 6.45) is 0. The predicted octanol–water partition coefficient (Wildman–Crippen LogP) is 3.35. The second-order valence-electron chi connectivity index (χ2n) is 4.07. The van der Waals surface area contributed by atoms with Crippen LogP contribution < -0.4 is 5.32 Å². The summed E-state index contributed by atoms with van der Waals surface area (Å²) in [6, 6.07) is 10.2. The number of non-ortho nitro benzene ring substituents is 1. The zero-order chi connectivity index (χ0) is 13.1. The van der Waals surface area contributed by atoms with Gasteiger partial charge in [0, 0.05) is 34.9 Å². The number of hydrogen-bond acceptors (Lipinski definition) is 4. The fourth-order valence-corrected chi connectivity index (χ4v) is 1.74. The Balaban J connectivity index is 2.20. The Labute approximate surface area is 105 Å². The number of aryl methyl sites for hydroxylation is 2. The maximum Gasteiger partial charge on any atom is 0.269 e. The lowest BCUT2D eigenvalue weighted by Gasteiger charge is -2.07. The van der Waals surface area contributed by atoms with Crippen LogP contribution in [-0.4, -0.2) is 9.91 Å². The summed E-state index contributed by atoms with van der Waals surface area (Å²) in [5.74, 6) is 0. The lowest BCUT2D eigenvalue weighted by Crippen LogP contribution is -1.94. The first-order valence-electron chi connectivity index (χ1n) is 5.51. The van der Waals surface area contributed by atoms with E-state index in [0.29, 0.717) is 0 Å². The topological polar surface area (TPSA) is 68.1 Å². The second-order valence-corrected chi connectivity index (χ2v) is 4.07. The van der Waals surface area contributed by atoms with Crippen LogP contribution in [0.5, 0.6) is 0 Å². The largest absolute Gasteiger partial charge is 0.355 e. The van der Waals surface area contributed by atoms with Crippen molar-refractivity contribution in [3.63, 3.8) is 0 Å². The van der Waals surface area contributed by atoms with E-state index in [2.05, 4.69) is 10.3 Å². The molecule has 0 spiro atoms. The highest BCUT2D eigenvalue weighted by Crippen LogP contribution is 2.20. The summed E-state index contributed by atoms with van der Waals surface area (Å²) >= 11 is 0. The van der Waals surface area contributed by atoms with Crippen molar-refractivity contribution in [2.45, 2.75) is 13.8 Å². The monoisotopic (exact) mass is 243 g/mol. The predicted molar refractivity (Wildman–Crippen MR) is 70.1 cm³/mol. The molecule has 0 unspecified atom stereocenters. The highest BCUT2D eigenvalue weighted by atomic mass is 16.6. The van der Waals surface area contributed by atoms with Crippen molar-refractivity contribution in [3.05, 3.63) is 57.9 Å².